The molecular weight excluding hydrogens is 342 g/mol. The Morgan fingerprint density at radius 1 is 0.926 bits per heavy atom. The summed E-state index contributed by atoms with van der Waals surface area (Å²) in [6.45, 7) is 0. The van der Waals surface area contributed by atoms with Gasteiger partial charge in [0.25, 0.3) is 0 Å². The van der Waals surface area contributed by atoms with Crippen molar-refractivity contribution in [3.05, 3.63) is 67.4 Å². The van der Waals surface area contributed by atoms with E-state index in [0.717, 1.165) is 27.7 Å². The third-order valence-electron chi connectivity index (χ3n) is 4.50. The lowest BCUT2D eigenvalue weighted by atomic mass is 10.1. The van der Waals surface area contributed by atoms with Gasteiger partial charge >= 0.3 is 0 Å². The molecule has 0 bridgehead atoms. The van der Waals surface area contributed by atoms with Crippen LogP contribution in [0.2, 0.25) is 0 Å². The van der Waals surface area contributed by atoms with Crippen LogP contribution in [-0.2, 0) is 0 Å². The summed E-state index contributed by atoms with van der Waals surface area (Å²) in [6.07, 6.45) is 7.00. The standard InChI is InChI=1S/C20H11N5O2/c1-2-13-9-18(27-19(13)21-6-1)14-5-7-25-10-16(24-20(25)23-14)12-3-4-17-15(8-12)22-11-26-17/h1-11H. The first-order chi connectivity index (χ1) is 13.3. The Labute approximate surface area is 151 Å². The Kier molecular flexibility index (Phi) is 2.76. The zero-order valence-electron chi connectivity index (χ0n) is 13.9. The number of benzene rings is 1. The number of oxazole rings is 1. The first-order valence-electron chi connectivity index (χ1n) is 8.38. The van der Waals surface area contributed by atoms with Crippen molar-refractivity contribution in [2.75, 3.05) is 0 Å². The maximum atomic E-state index is 5.80. The molecule has 7 heteroatoms. The highest BCUT2D eigenvalue weighted by Gasteiger charge is 2.12. The van der Waals surface area contributed by atoms with Crippen LogP contribution >= 0.6 is 0 Å². The fourth-order valence-electron chi connectivity index (χ4n) is 3.17. The molecule has 0 spiro atoms. The quantitative estimate of drug-likeness (QED) is 0.460. The van der Waals surface area contributed by atoms with Gasteiger partial charge in [-0.25, -0.2) is 19.9 Å². The number of fused-ring (bicyclic) bond motifs is 3. The molecule has 6 aromatic rings. The minimum atomic E-state index is 0.594. The zero-order valence-corrected chi connectivity index (χ0v) is 13.9. The molecule has 5 aromatic heterocycles. The summed E-state index contributed by atoms with van der Waals surface area (Å²) in [7, 11) is 0. The van der Waals surface area contributed by atoms with E-state index < -0.39 is 0 Å². The first kappa shape index (κ1) is 14.2. The molecular formula is C20H11N5O2. The Balaban J connectivity index is 1.46. The van der Waals surface area contributed by atoms with E-state index in [4.69, 9.17) is 8.83 Å². The van der Waals surface area contributed by atoms with Crippen molar-refractivity contribution >= 4 is 28.0 Å². The number of furan rings is 1. The molecule has 0 aliphatic rings. The summed E-state index contributed by atoms with van der Waals surface area (Å²) in [6, 6.07) is 13.5. The third-order valence-corrected chi connectivity index (χ3v) is 4.50. The van der Waals surface area contributed by atoms with Crippen LogP contribution in [0.1, 0.15) is 0 Å². The highest BCUT2D eigenvalue weighted by molar-refractivity contribution is 5.80. The number of hydrogen-bond acceptors (Lipinski definition) is 6. The van der Waals surface area contributed by atoms with Crippen LogP contribution in [0, 0.1) is 0 Å². The number of pyridine rings is 1. The smallest absolute Gasteiger partial charge is 0.234 e. The lowest BCUT2D eigenvalue weighted by molar-refractivity contribution is 0.602. The number of aromatic nitrogens is 5. The minimum Gasteiger partial charge on any atom is -0.443 e. The van der Waals surface area contributed by atoms with Crippen LogP contribution in [0.4, 0.5) is 0 Å². The lowest BCUT2D eigenvalue weighted by Crippen LogP contribution is -1.89. The second kappa shape index (κ2) is 5.25. The summed E-state index contributed by atoms with van der Waals surface area (Å²) in [5, 5.41) is 0.944. The number of hydrogen-bond donors (Lipinski definition) is 0. The maximum Gasteiger partial charge on any atom is 0.234 e. The fourth-order valence-corrected chi connectivity index (χ4v) is 3.17. The maximum absolute atomic E-state index is 5.80. The molecule has 0 saturated carbocycles. The van der Waals surface area contributed by atoms with Gasteiger partial charge in [0, 0.05) is 29.5 Å². The molecule has 7 nitrogen and oxygen atoms in total. The van der Waals surface area contributed by atoms with Gasteiger partial charge in [-0.3, -0.25) is 4.40 Å². The Morgan fingerprint density at radius 3 is 2.85 bits per heavy atom. The van der Waals surface area contributed by atoms with Crippen molar-refractivity contribution in [1.29, 1.82) is 0 Å². The van der Waals surface area contributed by atoms with Gasteiger partial charge in [-0.15, -0.1) is 0 Å². The zero-order chi connectivity index (χ0) is 17.8. The first-order valence-corrected chi connectivity index (χ1v) is 8.38. The number of rotatable bonds is 2. The highest BCUT2D eigenvalue weighted by Crippen LogP contribution is 2.27. The molecule has 0 aliphatic heterocycles. The van der Waals surface area contributed by atoms with Crippen molar-refractivity contribution in [3.8, 4) is 22.7 Å². The fraction of sp³-hybridized carbons (Fsp3) is 0. The molecule has 0 unspecified atom stereocenters. The molecule has 0 radical (unpaired) electrons. The van der Waals surface area contributed by atoms with Crippen molar-refractivity contribution in [3.63, 3.8) is 0 Å². The molecule has 0 N–H and O–H groups in total. The van der Waals surface area contributed by atoms with Gasteiger partial charge in [-0.05, 0) is 42.5 Å². The largest absolute Gasteiger partial charge is 0.443 e. The van der Waals surface area contributed by atoms with Crippen LogP contribution in [0.25, 0.3) is 50.7 Å². The summed E-state index contributed by atoms with van der Waals surface area (Å²) < 4.78 is 13.0. The average molecular weight is 353 g/mol. The van der Waals surface area contributed by atoms with Crippen LogP contribution in [0.3, 0.4) is 0 Å². The van der Waals surface area contributed by atoms with E-state index in [1.807, 2.05) is 59.3 Å². The summed E-state index contributed by atoms with van der Waals surface area (Å²) in [5.74, 6) is 1.26. The molecule has 128 valence electrons. The molecule has 1 aromatic carbocycles. The Hall–Kier alpha value is -4.00. The third kappa shape index (κ3) is 2.22. The van der Waals surface area contributed by atoms with E-state index in [0.29, 0.717) is 22.9 Å². The van der Waals surface area contributed by atoms with E-state index in [9.17, 15) is 0 Å². The average Bonchev–Trinajstić information content (AvgIpc) is 3.42. The Bertz CT molecular complexity index is 1410. The van der Waals surface area contributed by atoms with Crippen LogP contribution in [-0.4, -0.2) is 24.3 Å². The van der Waals surface area contributed by atoms with Crippen LogP contribution < -0.4 is 0 Å². The molecule has 27 heavy (non-hydrogen) atoms. The second-order valence-corrected chi connectivity index (χ2v) is 6.19. The van der Waals surface area contributed by atoms with E-state index in [2.05, 4.69) is 19.9 Å². The predicted octanol–water partition coefficient (Wildman–Crippen LogP) is 4.35. The minimum absolute atomic E-state index is 0.594. The SMILES string of the molecule is c1cnc2oc(-c3ccn4cc(-c5ccc6ocnc6c5)nc4n3)cc2c1. The lowest BCUT2D eigenvalue weighted by Gasteiger charge is -1.96. The van der Waals surface area contributed by atoms with E-state index >= 15 is 0 Å². The monoisotopic (exact) mass is 353 g/mol. The van der Waals surface area contributed by atoms with Gasteiger partial charge in [0.05, 0.1) is 5.69 Å². The van der Waals surface area contributed by atoms with Crippen LogP contribution in [0.5, 0.6) is 0 Å². The summed E-state index contributed by atoms with van der Waals surface area (Å²) in [4.78, 5) is 17.7. The number of imidazole rings is 1. The number of nitrogens with zero attached hydrogens (tertiary/aromatic N) is 5. The predicted molar refractivity (Wildman–Crippen MR) is 99.0 cm³/mol. The topological polar surface area (TPSA) is 82.2 Å². The molecule has 0 saturated heterocycles. The van der Waals surface area contributed by atoms with Gasteiger partial charge in [-0.2, -0.15) is 0 Å². The van der Waals surface area contributed by atoms with Crippen molar-refractivity contribution in [2.45, 2.75) is 0 Å². The van der Waals surface area contributed by atoms with E-state index in [1.54, 1.807) is 6.20 Å². The van der Waals surface area contributed by atoms with E-state index in [1.165, 1.54) is 6.39 Å². The van der Waals surface area contributed by atoms with Gasteiger partial charge in [0.15, 0.2) is 17.7 Å². The van der Waals surface area contributed by atoms with Crippen molar-refractivity contribution < 1.29 is 8.83 Å². The van der Waals surface area contributed by atoms with Crippen molar-refractivity contribution in [1.82, 2.24) is 24.3 Å². The summed E-state index contributed by atoms with van der Waals surface area (Å²) in [5.41, 5.74) is 4.63. The van der Waals surface area contributed by atoms with Crippen LogP contribution in [0.15, 0.2) is 76.3 Å². The molecule has 6 rings (SSSR count). The second-order valence-electron chi connectivity index (χ2n) is 6.19. The van der Waals surface area contributed by atoms with Gasteiger partial charge in [0.2, 0.25) is 11.5 Å². The molecule has 0 fully saturated rings. The molecule has 0 aliphatic carbocycles. The molecule has 0 atom stereocenters. The van der Waals surface area contributed by atoms with Crippen molar-refractivity contribution in [2.24, 2.45) is 0 Å². The molecule has 0 amide bonds. The van der Waals surface area contributed by atoms with Gasteiger partial charge in [0.1, 0.15) is 11.2 Å². The normalized spacial score (nSPS) is 11.7. The molecule has 5 heterocycles. The highest BCUT2D eigenvalue weighted by atomic mass is 16.3. The summed E-state index contributed by atoms with van der Waals surface area (Å²) >= 11 is 0. The Morgan fingerprint density at radius 2 is 1.89 bits per heavy atom. The van der Waals surface area contributed by atoms with Gasteiger partial charge in [-0.1, -0.05) is 0 Å². The van der Waals surface area contributed by atoms with E-state index in [-0.39, 0.29) is 0 Å². The van der Waals surface area contributed by atoms with Gasteiger partial charge < -0.3 is 8.83 Å².